The molecule has 1 aliphatic heterocycles. The van der Waals surface area contributed by atoms with E-state index in [1.54, 1.807) is 18.3 Å². The summed E-state index contributed by atoms with van der Waals surface area (Å²) in [5.41, 5.74) is 3.69. The van der Waals surface area contributed by atoms with E-state index in [-0.39, 0.29) is 11.4 Å². The fourth-order valence-electron chi connectivity index (χ4n) is 2.83. The van der Waals surface area contributed by atoms with Crippen LogP contribution < -0.4 is 21.6 Å². The number of rotatable bonds is 4. The molecule has 0 saturated carbocycles. The number of piperazine rings is 1. The zero-order valence-electron chi connectivity index (χ0n) is 14.6. The number of hydrogen-bond acceptors (Lipinski definition) is 4. The van der Waals surface area contributed by atoms with Crippen molar-refractivity contribution in [1.29, 1.82) is 0 Å². The Morgan fingerprint density at radius 2 is 1.88 bits per heavy atom. The second-order valence-electron chi connectivity index (χ2n) is 6.23. The minimum Gasteiger partial charge on any atom is -0.325 e. The lowest BCUT2D eigenvalue weighted by molar-refractivity contribution is 0.129. The SMILES string of the molecule is CCC=c1[nH]n(-c2ccc(F)cc2)c(=O)c1=CNN1CCN(C)CC1. The minimum absolute atomic E-state index is 0.159. The molecule has 0 amide bonds. The van der Waals surface area contributed by atoms with Crippen molar-refractivity contribution in [2.24, 2.45) is 0 Å². The number of aromatic amines is 1. The lowest BCUT2D eigenvalue weighted by atomic mass is 10.3. The third-order valence-electron chi connectivity index (χ3n) is 4.34. The standard InChI is InChI=1S/C18H24FN5O/c1-3-4-17-16(13-20-23-11-9-22(2)10-12-23)18(25)24(21-17)15-7-5-14(19)6-8-15/h4-8,13,20-21H,3,9-12H2,1-2H3. The normalized spacial score (nSPS) is 18.0. The van der Waals surface area contributed by atoms with Crippen molar-refractivity contribution < 1.29 is 4.39 Å². The molecule has 0 spiro atoms. The van der Waals surface area contributed by atoms with E-state index in [0.29, 0.717) is 10.9 Å². The van der Waals surface area contributed by atoms with Gasteiger partial charge in [0.05, 0.1) is 16.3 Å². The molecular weight excluding hydrogens is 321 g/mol. The highest BCUT2D eigenvalue weighted by Gasteiger charge is 2.12. The molecule has 1 fully saturated rings. The summed E-state index contributed by atoms with van der Waals surface area (Å²) in [6.07, 6.45) is 4.53. The van der Waals surface area contributed by atoms with Crippen LogP contribution in [0.2, 0.25) is 0 Å². The van der Waals surface area contributed by atoms with Crippen LogP contribution in [0.15, 0.2) is 29.1 Å². The highest BCUT2D eigenvalue weighted by Crippen LogP contribution is 2.04. The largest absolute Gasteiger partial charge is 0.325 e. The molecule has 0 unspecified atom stereocenters. The maximum Gasteiger partial charge on any atom is 0.280 e. The second-order valence-corrected chi connectivity index (χ2v) is 6.23. The lowest BCUT2D eigenvalue weighted by Gasteiger charge is -2.31. The minimum atomic E-state index is -0.327. The molecule has 1 aromatic heterocycles. The van der Waals surface area contributed by atoms with Crippen molar-refractivity contribution in [3.05, 3.63) is 51.0 Å². The molecule has 0 radical (unpaired) electrons. The number of H-pyrrole nitrogens is 1. The summed E-state index contributed by atoms with van der Waals surface area (Å²) in [5, 5.41) is 6.55. The highest BCUT2D eigenvalue weighted by atomic mass is 19.1. The molecule has 0 aliphatic carbocycles. The monoisotopic (exact) mass is 345 g/mol. The number of nitrogens with one attached hydrogen (secondary N) is 2. The number of likely N-dealkylation sites (N-methyl/N-ethyl adjacent to an activating group) is 1. The Balaban J connectivity index is 1.95. The van der Waals surface area contributed by atoms with Crippen molar-refractivity contribution in [2.75, 3.05) is 33.2 Å². The average Bonchev–Trinajstić information content (AvgIpc) is 2.91. The van der Waals surface area contributed by atoms with E-state index in [0.717, 1.165) is 37.9 Å². The van der Waals surface area contributed by atoms with Crippen molar-refractivity contribution >= 4 is 12.3 Å². The molecule has 3 rings (SSSR count). The summed E-state index contributed by atoms with van der Waals surface area (Å²) in [7, 11) is 2.10. The van der Waals surface area contributed by atoms with Crippen LogP contribution >= 0.6 is 0 Å². The van der Waals surface area contributed by atoms with Gasteiger partial charge in [0.1, 0.15) is 5.82 Å². The fourth-order valence-corrected chi connectivity index (χ4v) is 2.83. The first kappa shape index (κ1) is 17.4. The van der Waals surface area contributed by atoms with Crippen molar-refractivity contribution in [3.63, 3.8) is 0 Å². The summed E-state index contributed by atoms with van der Waals surface area (Å²) in [5.74, 6) is -0.327. The fraction of sp³-hybridized carbons (Fsp3) is 0.389. The summed E-state index contributed by atoms with van der Waals surface area (Å²) in [6.45, 7) is 5.79. The van der Waals surface area contributed by atoms with E-state index in [1.165, 1.54) is 16.8 Å². The van der Waals surface area contributed by atoms with Crippen LogP contribution in [-0.2, 0) is 0 Å². The molecule has 0 bridgehead atoms. The molecule has 7 heteroatoms. The summed E-state index contributed by atoms with van der Waals surface area (Å²) in [6, 6.07) is 5.86. The van der Waals surface area contributed by atoms with Crippen LogP contribution in [0.5, 0.6) is 0 Å². The van der Waals surface area contributed by atoms with Gasteiger partial charge in [-0.25, -0.2) is 14.1 Å². The number of hydrogen-bond donors (Lipinski definition) is 2. The molecule has 134 valence electrons. The molecule has 2 aromatic rings. The smallest absolute Gasteiger partial charge is 0.280 e. The van der Waals surface area contributed by atoms with Crippen molar-refractivity contribution in [1.82, 2.24) is 25.1 Å². The zero-order chi connectivity index (χ0) is 17.8. The molecular formula is C18H24FN5O. The van der Waals surface area contributed by atoms with Crippen LogP contribution in [0.3, 0.4) is 0 Å². The number of aromatic nitrogens is 2. The third kappa shape index (κ3) is 4.00. The molecule has 1 aromatic carbocycles. The maximum atomic E-state index is 13.1. The average molecular weight is 345 g/mol. The highest BCUT2D eigenvalue weighted by molar-refractivity contribution is 5.33. The number of benzene rings is 1. The van der Waals surface area contributed by atoms with Crippen LogP contribution in [0.4, 0.5) is 4.39 Å². The summed E-state index contributed by atoms with van der Waals surface area (Å²) < 4.78 is 14.6. The summed E-state index contributed by atoms with van der Waals surface area (Å²) >= 11 is 0. The van der Waals surface area contributed by atoms with Gasteiger partial charge in [0.15, 0.2) is 0 Å². The third-order valence-corrected chi connectivity index (χ3v) is 4.34. The van der Waals surface area contributed by atoms with Crippen LogP contribution in [0.1, 0.15) is 13.3 Å². The van der Waals surface area contributed by atoms with Gasteiger partial charge in [-0.05, 0) is 37.7 Å². The Kier molecular flexibility index (Phi) is 5.35. The first-order chi connectivity index (χ1) is 12.1. The van der Waals surface area contributed by atoms with Crippen LogP contribution in [0, 0.1) is 5.82 Å². The Morgan fingerprint density at radius 3 is 2.52 bits per heavy atom. The number of halogens is 1. The Bertz CT molecular complexity index is 876. The zero-order valence-corrected chi connectivity index (χ0v) is 14.6. The van der Waals surface area contributed by atoms with E-state index in [1.807, 2.05) is 13.0 Å². The maximum absolute atomic E-state index is 13.1. The molecule has 6 nitrogen and oxygen atoms in total. The Hall–Kier alpha value is -2.38. The van der Waals surface area contributed by atoms with Gasteiger partial charge in [0.2, 0.25) is 0 Å². The van der Waals surface area contributed by atoms with E-state index in [9.17, 15) is 9.18 Å². The van der Waals surface area contributed by atoms with Crippen molar-refractivity contribution in [3.8, 4) is 5.69 Å². The quantitative estimate of drug-likeness (QED) is 0.818. The first-order valence-corrected chi connectivity index (χ1v) is 8.55. The molecule has 2 N–H and O–H groups in total. The van der Waals surface area contributed by atoms with E-state index in [2.05, 4.69) is 27.5 Å². The van der Waals surface area contributed by atoms with Gasteiger partial charge in [0.25, 0.3) is 5.56 Å². The van der Waals surface area contributed by atoms with Gasteiger partial charge < -0.3 is 10.3 Å². The topological polar surface area (TPSA) is 56.3 Å². The number of nitrogens with zero attached hydrogens (tertiary/aromatic N) is 3. The van der Waals surface area contributed by atoms with E-state index < -0.39 is 0 Å². The number of hydrazine groups is 1. The molecule has 0 atom stereocenters. The molecule has 1 saturated heterocycles. The second kappa shape index (κ2) is 7.67. The van der Waals surface area contributed by atoms with Gasteiger partial charge in [-0.15, -0.1) is 0 Å². The van der Waals surface area contributed by atoms with E-state index >= 15 is 0 Å². The summed E-state index contributed by atoms with van der Waals surface area (Å²) in [4.78, 5) is 15.1. The van der Waals surface area contributed by atoms with Crippen LogP contribution in [-0.4, -0.2) is 52.9 Å². The predicted octanol–water partition coefficient (Wildman–Crippen LogP) is -0.0148. The molecule has 1 aliphatic rings. The van der Waals surface area contributed by atoms with Crippen LogP contribution in [0.25, 0.3) is 18.0 Å². The Labute approximate surface area is 145 Å². The van der Waals surface area contributed by atoms with Gasteiger partial charge >= 0.3 is 0 Å². The lowest BCUT2D eigenvalue weighted by Crippen LogP contribution is -2.50. The van der Waals surface area contributed by atoms with E-state index in [4.69, 9.17) is 0 Å². The molecule has 2 heterocycles. The molecule has 25 heavy (non-hydrogen) atoms. The predicted molar refractivity (Wildman–Crippen MR) is 97.0 cm³/mol. The van der Waals surface area contributed by atoms with Gasteiger partial charge in [-0.2, -0.15) is 0 Å². The van der Waals surface area contributed by atoms with Crippen molar-refractivity contribution in [2.45, 2.75) is 13.3 Å². The first-order valence-electron chi connectivity index (χ1n) is 8.55. The Morgan fingerprint density at radius 1 is 1.20 bits per heavy atom. The van der Waals surface area contributed by atoms with Gasteiger partial charge in [-0.3, -0.25) is 9.89 Å². The van der Waals surface area contributed by atoms with Gasteiger partial charge in [-0.1, -0.05) is 13.0 Å². The van der Waals surface area contributed by atoms with Gasteiger partial charge in [0, 0.05) is 32.4 Å².